The highest BCUT2D eigenvalue weighted by atomic mass is 79.9. The number of halogens is 1. The number of thiophene rings is 1. The minimum absolute atomic E-state index is 0.0258. The Morgan fingerprint density at radius 1 is 1.25 bits per heavy atom. The summed E-state index contributed by atoms with van der Waals surface area (Å²) < 4.78 is 1.05. The second-order valence-corrected chi connectivity index (χ2v) is 8.11. The normalized spacial score (nSPS) is 22.1. The maximum atomic E-state index is 12.8. The van der Waals surface area contributed by atoms with Crippen molar-refractivity contribution in [1.82, 2.24) is 10.2 Å². The highest BCUT2D eigenvalue weighted by Gasteiger charge is 2.46. The van der Waals surface area contributed by atoms with E-state index in [0.29, 0.717) is 6.54 Å². The highest BCUT2D eigenvalue weighted by Crippen LogP contribution is 2.33. The first-order valence-corrected chi connectivity index (χ1v) is 8.55. The Morgan fingerprint density at radius 2 is 2.00 bits per heavy atom. The summed E-state index contributed by atoms with van der Waals surface area (Å²) >= 11 is 5.04. The molecule has 108 valence electrons. The van der Waals surface area contributed by atoms with Gasteiger partial charge in [0, 0.05) is 4.88 Å². The van der Waals surface area contributed by atoms with Crippen molar-refractivity contribution in [1.29, 1.82) is 0 Å². The fourth-order valence-electron chi connectivity index (χ4n) is 3.15. The molecule has 4 nitrogen and oxygen atoms in total. The van der Waals surface area contributed by atoms with Gasteiger partial charge < -0.3 is 10.2 Å². The third kappa shape index (κ3) is 2.63. The smallest absolute Gasteiger partial charge is 0.249 e. The second-order valence-electron chi connectivity index (χ2n) is 5.56. The molecule has 1 N–H and O–H groups in total. The number of piperazine rings is 1. The zero-order chi connectivity index (χ0) is 14.2. The van der Waals surface area contributed by atoms with Crippen LogP contribution < -0.4 is 5.32 Å². The van der Waals surface area contributed by atoms with Crippen molar-refractivity contribution in [3.8, 4) is 0 Å². The molecule has 1 spiro atoms. The van der Waals surface area contributed by atoms with Crippen LogP contribution in [-0.2, 0) is 16.1 Å². The summed E-state index contributed by atoms with van der Waals surface area (Å²) in [4.78, 5) is 27.6. The standard InChI is InChI=1S/C14H17BrN2O2S/c15-11-5-4-10(20-11)8-17-9-12(18)16-14(13(17)19)6-2-1-3-7-14/h4-5H,1-3,6-9H2,(H,16,18). The molecule has 1 aliphatic carbocycles. The zero-order valence-electron chi connectivity index (χ0n) is 11.2. The van der Waals surface area contributed by atoms with E-state index in [1.807, 2.05) is 12.1 Å². The molecule has 0 atom stereocenters. The third-order valence-corrected chi connectivity index (χ3v) is 5.70. The van der Waals surface area contributed by atoms with E-state index < -0.39 is 5.54 Å². The van der Waals surface area contributed by atoms with Crippen LogP contribution in [0.4, 0.5) is 0 Å². The molecule has 0 radical (unpaired) electrons. The van der Waals surface area contributed by atoms with Gasteiger partial charge >= 0.3 is 0 Å². The highest BCUT2D eigenvalue weighted by molar-refractivity contribution is 9.11. The number of hydrogen-bond donors (Lipinski definition) is 1. The molecule has 2 amide bonds. The summed E-state index contributed by atoms with van der Waals surface area (Å²) in [6.45, 7) is 0.709. The van der Waals surface area contributed by atoms with E-state index in [-0.39, 0.29) is 18.4 Å². The molecule has 2 heterocycles. The quantitative estimate of drug-likeness (QED) is 0.885. The van der Waals surface area contributed by atoms with Crippen LogP contribution in [0.1, 0.15) is 37.0 Å². The number of amides is 2. The van der Waals surface area contributed by atoms with Crippen LogP contribution in [0.25, 0.3) is 0 Å². The largest absolute Gasteiger partial charge is 0.340 e. The monoisotopic (exact) mass is 356 g/mol. The molecule has 2 fully saturated rings. The van der Waals surface area contributed by atoms with Crippen LogP contribution in [0, 0.1) is 0 Å². The van der Waals surface area contributed by atoms with Crippen molar-refractivity contribution >= 4 is 39.1 Å². The van der Waals surface area contributed by atoms with Gasteiger partial charge in [-0.05, 0) is 40.9 Å². The molecule has 1 saturated carbocycles. The minimum Gasteiger partial charge on any atom is -0.340 e. The van der Waals surface area contributed by atoms with Gasteiger partial charge in [-0.25, -0.2) is 0 Å². The molecule has 1 aliphatic heterocycles. The molecule has 1 aromatic heterocycles. The maximum absolute atomic E-state index is 12.8. The van der Waals surface area contributed by atoms with Gasteiger partial charge in [-0.15, -0.1) is 11.3 Å². The summed E-state index contributed by atoms with van der Waals surface area (Å²) in [5.41, 5.74) is -0.623. The molecular formula is C14H17BrN2O2S. The van der Waals surface area contributed by atoms with Crippen molar-refractivity contribution in [2.24, 2.45) is 0 Å². The van der Waals surface area contributed by atoms with Gasteiger partial charge in [-0.3, -0.25) is 9.59 Å². The lowest BCUT2D eigenvalue weighted by molar-refractivity contribution is -0.152. The van der Waals surface area contributed by atoms with Crippen LogP contribution in [0.5, 0.6) is 0 Å². The number of carbonyl (C=O) groups excluding carboxylic acids is 2. The Morgan fingerprint density at radius 3 is 2.65 bits per heavy atom. The van der Waals surface area contributed by atoms with Crippen molar-refractivity contribution in [3.05, 3.63) is 20.8 Å². The van der Waals surface area contributed by atoms with Crippen LogP contribution in [0.2, 0.25) is 0 Å². The average molecular weight is 357 g/mol. The molecule has 3 rings (SSSR count). The van der Waals surface area contributed by atoms with Crippen LogP contribution in [0.3, 0.4) is 0 Å². The van der Waals surface area contributed by atoms with E-state index in [1.165, 1.54) is 0 Å². The molecule has 20 heavy (non-hydrogen) atoms. The van der Waals surface area contributed by atoms with Gasteiger partial charge in [-0.2, -0.15) is 0 Å². The van der Waals surface area contributed by atoms with Gasteiger partial charge in [0.1, 0.15) is 12.1 Å². The minimum atomic E-state index is -0.623. The number of carbonyl (C=O) groups is 2. The molecular weight excluding hydrogens is 340 g/mol. The summed E-state index contributed by atoms with van der Waals surface area (Å²) in [6, 6.07) is 3.98. The lowest BCUT2D eigenvalue weighted by Gasteiger charge is -2.44. The Hall–Kier alpha value is -0.880. The molecule has 0 bridgehead atoms. The third-order valence-electron chi connectivity index (χ3n) is 4.09. The lowest BCUT2D eigenvalue weighted by Crippen LogP contribution is -2.66. The molecule has 6 heteroatoms. The molecule has 2 aliphatic rings. The lowest BCUT2D eigenvalue weighted by atomic mass is 9.79. The number of hydrogen-bond acceptors (Lipinski definition) is 3. The summed E-state index contributed by atoms with van der Waals surface area (Å²) in [7, 11) is 0. The molecule has 1 aromatic rings. The SMILES string of the molecule is O=C1CN(Cc2ccc(Br)s2)C(=O)C2(CCCCC2)N1. The van der Waals surface area contributed by atoms with E-state index in [2.05, 4.69) is 21.2 Å². The van der Waals surface area contributed by atoms with E-state index in [9.17, 15) is 9.59 Å². The molecule has 1 saturated heterocycles. The Kier molecular flexibility index (Phi) is 3.86. The van der Waals surface area contributed by atoms with Gasteiger partial charge in [0.15, 0.2) is 0 Å². The summed E-state index contributed by atoms with van der Waals surface area (Å²) in [5, 5.41) is 2.97. The fraction of sp³-hybridized carbons (Fsp3) is 0.571. The van der Waals surface area contributed by atoms with Crippen molar-refractivity contribution < 1.29 is 9.59 Å². The first-order chi connectivity index (χ1) is 9.59. The van der Waals surface area contributed by atoms with E-state index in [4.69, 9.17) is 0 Å². The van der Waals surface area contributed by atoms with E-state index in [0.717, 1.165) is 40.8 Å². The predicted octanol–water partition coefficient (Wildman–Crippen LogP) is 2.67. The van der Waals surface area contributed by atoms with Gasteiger partial charge in [0.25, 0.3) is 0 Å². The van der Waals surface area contributed by atoms with Gasteiger partial charge in [0.05, 0.1) is 10.3 Å². The first kappa shape index (κ1) is 14.1. The van der Waals surface area contributed by atoms with Crippen molar-refractivity contribution in [2.75, 3.05) is 6.54 Å². The van der Waals surface area contributed by atoms with Crippen LogP contribution in [0.15, 0.2) is 15.9 Å². The van der Waals surface area contributed by atoms with Crippen molar-refractivity contribution in [3.63, 3.8) is 0 Å². The topological polar surface area (TPSA) is 49.4 Å². The number of nitrogens with one attached hydrogen (secondary N) is 1. The zero-order valence-corrected chi connectivity index (χ0v) is 13.6. The second kappa shape index (κ2) is 5.48. The average Bonchev–Trinajstić information content (AvgIpc) is 2.82. The van der Waals surface area contributed by atoms with Crippen molar-refractivity contribution in [2.45, 2.75) is 44.2 Å². The number of rotatable bonds is 2. The van der Waals surface area contributed by atoms with Crippen LogP contribution in [-0.4, -0.2) is 28.8 Å². The Labute approximate surface area is 130 Å². The van der Waals surface area contributed by atoms with Gasteiger partial charge in [0.2, 0.25) is 11.8 Å². The Bertz CT molecular complexity index is 537. The van der Waals surface area contributed by atoms with E-state index in [1.54, 1.807) is 16.2 Å². The molecule has 0 unspecified atom stereocenters. The fourth-order valence-corrected chi connectivity index (χ4v) is 4.65. The van der Waals surface area contributed by atoms with Gasteiger partial charge in [-0.1, -0.05) is 19.3 Å². The summed E-state index contributed by atoms with van der Waals surface area (Å²) in [6.07, 6.45) is 4.75. The van der Waals surface area contributed by atoms with Crippen LogP contribution >= 0.6 is 27.3 Å². The predicted molar refractivity (Wildman–Crippen MR) is 81.4 cm³/mol. The maximum Gasteiger partial charge on any atom is 0.249 e. The Balaban J connectivity index is 1.80. The van der Waals surface area contributed by atoms with E-state index >= 15 is 0 Å². The molecule has 0 aromatic carbocycles. The first-order valence-electron chi connectivity index (χ1n) is 6.94. The summed E-state index contributed by atoms with van der Waals surface area (Å²) in [5.74, 6) is 0.0726. The number of nitrogens with zero attached hydrogens (tertiary/aromatic N) is 1.